The summed E-state index contributed by atoms with van der Waals surface area (Å²) >= 11 is 0. The summed E-state index contributed by atoms with van der Waals surface area (Å²) in [6.45, 7) is 4.56. The maximum atomic E-state index is 6.34. The molecule has 2 aliphatic heterocycles. The summed E-state index contributed by atoms with van der Waals surface area (Å²) in [6.07, 6.45) is 4.64. The second-order valence-electron chi connectivity index (χ2n) is 6.57. The van der Waals surface area contributed by atoms with Gasteiger partial charge in [-0.1, -0.05) is 12.1 Å². The van der Waals surface area contributed by atoms with Gasteiger partial charge in [-0.2, -0.15) is 0 Å². The van der Waals surface area contributed by atoms with Gasteiger partial charge in [0.05, 0.1) is 13.7 Å². The summed E-state index contributed by atoms with van der Waals surface area (Å²) in [6, 6.07) is 8.26. The molecule has 5 nitrogen and oxygen atoms in total. The van der Waals surface area contributed by atoms with E-state index in [-0.39, 0.29) is 5.60 Å². The van der Waals surface area contributed by atoms with Crippen molar-refractivity contribution in [1.82, 2.24) is 9.97 Å². The van der Waals surface area contributed by atoms with E-state index in [1.165, 1.54) is 11.1 Å². The van der Waals surface area contributed by atoms with Crippen molar-refractivity contribution in [2.45, 2.75) is 31.8 Å². The molecule has 1 spiro atoms. The Kier molecular flexibility index (Phi) is 3.88. The van der Waals surface area contributed by atoms with E-state index in [1.807, 2.05) is 25.3 Å². The van der Waals surface area contributed by atoms with Crippen LogP contribution < -0.4 is 9.64 Å². The summed E-state index contributed by atoms with van der Waals surface area (Å²) in [7, 11) is 1.74. The van der Waals surface area contributed by atoms with Crippen molar-refractivity contribution in [3.63, 3.8) is 0 Å². The molecule has 0 atom stereocenters. The first-order chi connectivity index (χ1) is 11.7. The third-order valence-electron chi connectivity index (χ3n) is 5.17. The van der Waals surface area contributed by atoms with Crippen LogP contribution in [-0.4, -0.2) is 36.8 Å². The van der Waals surface area contributed by atoms with Crippen LogP contribution in [0, 0.1) is 6.92 Å². The van der Waals surface area contributed by atoms with Crippen LogP contribution in [-0.2, 0) is 16.8 Å². The standard InChI is InChI=1S/C19H23N3O2/c1-14-6-10-20-18(21-14)22-11-8-19(9-12-22)17-15(7-13-24-19)4-3-5-16(17)23-2/h3-6,10H,7-9,11-13H2,1-2H3. The fraction of sp³-hybridized carbons (Fsp3) is 0.474. The monoisotopic (exact) mass is 325 g/mol. The van der Waals surface area contributed by atoms with Crippen molar-refractivity contribution in [2.75, 3.05) is 31.7 Å². The Morgan fingerprint density at radius 1 is 1.21 bits per heavy atom. The van der Waals surface area contributed by atoms with Crippen LogP contribution in [0.15, 0.2) is 30.5 Å². The molecule has 3 heterocycles. The Hall–Kier alpha value is -2.14. The summed E-state index contributed by atoms with van der Waals surface area (Å²) in [5.74, 6) is 1.77. The molecule has 0 radical (unpaired) electrons. The molecule has 1 fully saturated rings. The van der Waals surface area contributed by atoms with Crippen molar-refractivity contribution in [2.24, 2.45) is 0 Å². The molecule has 126 valence electrons. The number of aromatic nitrogens is 2. The number of nitrogens with zero attached hydrogens (tertiary/aromatic N) is 3. The molecular formula is C19H23N3O2. The lowest BCUT2D eigenvalue weighted by atomic mass is 9.79. The fourth-order valence-corrected chi connectivity index (χ4v) is 3.95. The minimum absolute atomic E-state index is 0.236. The largest absolute Gasteiger partial charge is 0.496 e. The van der Waals surface area contributed by atoms with Gasteiger partial charge in [0.1, 0.15) is 11.4 Å². The molecule has 1 saturated heterocycles. The molecule has 0 N–H and O–H groups in total. The molecule has 2 aromatic rings. The minimum Gasteiger partial charge on any atom is -0.496 e. The number of hydrogen-bond donors (Lipinski definition) is 0. The maximum absolute atomic E-state index is 6.34. The highest BCUT2D eigenvalue weighted by molar-refractivity contribution is 5.47. The van der Waals surface area contributed by atoms with Gasteiger partial charge in [-0.15, -0.1) is 0 Å². The van der Waals surface area contributed by atoms with Gasteiger partial charge in [-0.25, -0.2) is 9.97 Å². The normalized spacial score (nSPS) is 19.2. The highest BCUT2D eigenvalue weighted by Gasteiger charge is 2.43. The van der Waals surface area contributed by atoms with E-state index >= 15 is 0 Å². The van der Waals surface area contributed by atoms with Crippen LogP contribution in [0.25, 0.3) is 0 Å². The zero-order valence-corrected chi connectivity index (χ0v) is 14.3. The second kappa shape index (κ2) is 6.06. The molecule has 0 bridgehead atoms. The number of rotatable bonds is 2. The highest BCUT2D eigenvalue weighted by atomic mass is 16.5. The average molecular weight is 325 g/mol. The van der Waals surface area contributed by atoms with Crippen molar-refractivity contribution in [3.8, 4) is 5.75 Å². The summed E-state index contributed by atoms with van der Waals surface area (Å²) in [5.41, 5.74) is 3.38. The van der Waals surface area contributed by atoms with Crippen molar-refractivity contribution in [3.05, 3.63) is 47.3 Å². The van der Waals surface area contributed by atoms with E-state index in [9.17, 15) is 0 Å². The third kappa shape index (κ3) is 2.53. The molecular weight excluding hydrogens is 302 g/mol. The first-order valence-corrected chi connectivity index (χ1v) is 8.57. The van der Waals surface area contributed by atoms with E-state index in [2.05, 4.69) is 27.0 Å². The molecule has 2 aliphatic rings. The SMILES string of the molecule is COc1cccc2c1C1(CCN(c3nccc(C)n3)CC1)OCC2. The van der Waals surface area contributed by atoms with Crippen LogP contribution in [0.1, 0.15) is 29.7 Å². The minimum atomic E-state index is -0.236. The number of aryl methyl sites for hydroxylation is 1. The number of piperidine rings is 1. The lowest BCUT2D eigenvalue weighted by Crippen LogP contribution is -2.47. The van der Waals surface area contributed by atoms with E-state index < -0.39 is 0 Å². The topological polar surface area (TPSA) is 47.5 Å². The third-order valence-corrected chi connectivity index (χ3v) is 5.17. The Morgan fingerprint density at radius 3 is 2.79 bits per heavy atom. The van der Waals surface area contributed by atoms with Crippen LogP contribution in [0.5, 0.6) is 5.75 Å². The number of anilines is 1. The number of hydrogen-bond acceptors (Lipinski definition) is 5. The van der Waals surface area contributed by atoms with Crippen LogP contribution in [0.3, 0.4) is 0 Å². The van der Waals surface area contributed by atoms with Gasteiger partial charge in [0, 0.05) is 30.5 Å². The summed E-state index contributed by atoms with van der Waals surface area (Å²) in [4.78, 5) is 11.2. The van der Waals surface area contributed by atoms with Gasteiger partial charge in [0.15, 0.2) is 0 Å². The van der Waals surface area contributed by atoms with Crippen molar-refractivity contribution in [1.29, 1.82) is 0 Å². The Morgan fingerprint density at radius 2 is 2.04 bits per heavy atom. The molecule has 5 heteroatoms. The number of methoxy groups -OCH3 is 1. The van der Waals surface area contributed by atoms with Crippen molar-refractivity contribution >= 4 is 5.95 Å². The zero-order valence-electron chi connectivity index (χ0n) is 14.3. The highest BCUT2D eigenvalue weighted by Crippen LogP contribution is 2.46. The lowest BCUT2D eigenvalue weighted by Gasteiger charge is -2.45. The Labute approximate surface area is 142 Å². The first kappa shape index (κ1) is 15.4. The first-order valence-electron chi connectivity index (χ1n) is 8.57. The quantitative estimate of drug-likeness (QED) is 0.850. The van der Waals surface area contributed by atoms with Crippen LogP contribution in [0.2, 0.25) is 0 Å². The van der Waals surface area contributed by atoms with E-state index in [0.29, 0.717) is 0 Å². The van der Waals surface area contributed by atoms with Crippen LogP contribution >= 0.6 is 0 Å². The molecule has 1 aromatic heterocycles. The number of benzene rings is 1. The molecule has 0 saturated carbocycles. The number of ether oxygens (including phenoxy) is 2. The van der Waals surface area contributed by atoms with Gasteiger partial charge in [0.25, 0.3) is 0 Å². The van der Waals surface area contributed by atoms with E-state index in [4.69, 9.17) is 9.47 Å². The van der Waals surface area contributed by atoms with Gasteiger partial charge in [-0.3, -0.25) is 0 Å². The predicted octanol–water partition coefficient (Wildman–Crippen LogP) is 2.86. The molecule has 0 amide bonds. The molecule has 24 heavy (non-hydrogen) atoms. The molecule has 4 rings (SSSR count). The lowest BCUT2D eigenvalue weighted by molar-refractivity contribution is -0.0780. The average Bonchev–Trinajstić information content (AvgIpc) is 2.62. The number of fused-ring (bicyclic) bond motifs is 2. The van der Waals surface area contributed by atoms with Crippen molar-refractivity contribution < 1.29 is 9.47 Å². The smallest absolute Gasteiger partial charge is 0.225 e. The Bertz CT molecular complexity index is 725. The predicted molar refractivity (Wildman–Crippen MR) is 92.5 cm³/mol. The van der Waals surface area contributed by atoms with E-state index in [0.717, 1.165) is 56.4 Å². The molecule has 0 unspecified atom stereocenters. The maximum Gasteiger partial charge on any atom is 0.225 e. The summed E-state index contributed by atoms with van der Waals surface area (Å²) in [5, 5.41) is 0. The van der Waals surface area contributed by atoms with Gasteiger partial charge >= 0.3 is 0 Å². The van der Waals surface area contributed by atoms with Gasteiger partial charge < -0.3 is 14.4 Å². The molecule has 0 aliphatic carbocycles. The Balaban J connectivity index is 1.62. The molecule has 1 aromatic carbocycles. The zero-order chi connectivity index (χ0) is 16.6. The van der Waals surface area contributed by atoms with Gasteiger partial charge in [-0.05, 0) is 43.9 Å². The second-order valence-corrected chi connectivity index (χ2v) is 6.57. The van der Waals surface area contributed by atoms with E-state index in [1.54, 1.807) is 7.11 Å². The van der Waals surface area contributed by atoms with Crippen LogP contribution in [0.4, 0.5) is 5.95 Å². The fourth-order valence-electron chi connectivity index (χ4n) is 3.95. The van der Waals surface area contributed by atoms with Gasteiger partial charge in [0.2, 0.25) is 5.95 Å². The summed E-state index contributed by atoms with van der Waals surface area (Å²) < 4.78 is 12.0.